The quantitative estimate of drug-likeness (QED) is 0.397. The molecule has 1 heterocycles. The van der Waals surface area contributed by atoms with Crippen LogP contribution in [0, 0.1) is 5.41 Å². The zero-order valence-electron chi connectivity index (χ0n) is 21.6. The van der Waals surface area contributed by atoms with Crippen molar-refractivity contribution in [3.63, 3.8) is 0 Å². The summed E-state index contributed by atoms with van der Waals surface area (Å²) in [6.45, 7) is 11.0. The van der Waals surface area contributed by atoms with E-state index in [-0.39, 0.29) is 22.4 Å². The number of carbonyl (C=O) groups excluding carboxylic acids is 1. The number of rotatable bonds is 4. The van der Waals surface area contributed by atoms with Crippen molar-refractivity contribution in [1.82, 2.24) is 4.72 Å². The van der Waals surface area contributed by atoms with Gasteiger partial charge in [-0.15, -0.1) is 0 Å². The van der Waals surface area contributed by atoms with Gasteiger partial charge in [0.15, 0.2) is 0 Å². The van der Waals surface area contributed by atoms with Crippen LogP contribution < -0.4 is 10.0 Å². The van der Waals surface area contributed by atoms with E-state index in [1.807, 2.05) is 6.07 Å². The number of carbonyl (C=O) groups is 1. The van der Waals surface area contributed by atoms with E-state index in [4.69, 9.17) is 11.6 Å². The molecule has 1 unspecified atom stereocenters. The molecule has 3 aromatic carbocycles. The molecule has 3 aromatic rings. The molecule has 1 amide bonds. The monoisotopic (exact) mass is 524 g/mol. The highest BCUT2D eigenvalue weighted by molar-refractivity contribution is 7.89. The number of nitrogens with one attached hydrogen (secondary N) is 2. The van der Waals surface area contributed by atoms with E-state index in [1.54, 1.807) is 0 Å². The summed E-state index contributed by atoms with van der Waals surface area (Å²) >= 11 is 6.31. The first-order chi connectivity index (χ1) is 16.6. The van der Waals surface area contributed by atoms with Crippen molar-refractivity contribution in [2.45, 2.75) is 52.5 Å². The number of anilines is 1. The summed E-state index contributed by atoms with van der Waals surface area (Å²) in [5.41, 5.74) is 6.24. The third kappa shape index (κ3) is 5.60. The molecule has 0 radical (unpaired) electrons. The van der Waals surface area contributed by atoms with E-state index in [0.29, 0.717) is 17.1 Å². The number of hydrogen-bond donors (Lipinski definition) is 2. The van der Waals surface area contributed by atoms with Gasteiger partial charge >= 0.3 is 0 Å². The third-order valence-corrected chi connectivity index (χ3v) is 7.50. The smallest absolute Gasteiger partial charge is 0.266 e. The van der Waals surface area contributed by atoms with E-state index in [1.165, 1.54) is 11.6 Å². The molecule has 2 N–H and O–H groups in total. The Morgan fingerprint density at radius 1 is 1.03 bits per heavy atom. The first kappa shape index (κ1) is 26.2. The lowest BCUT2D eigenvalue weighted by atomic mass is 9.72. The number of halogens is 1. The van der Waals surface area contributed by atoms with E-state index in [2.05, 4.69) is 93.2 Å². The van der Waals surface area contributed by atoms with Crippen molar-refractivity contribution >= 4 is 33.2 Å². The number of sulfonamides is 1. The summed E-state index contributed by atoms with van der Waals surface area (Å²) in [7, 11) is -3.72. The highest BCUT2D eigenvalue weighted by atomic mass is 35.5. The van der Waals surface area contributed by atoms with Gasteiger partial charge in [0.25, 0.3) is 5.91 Å². The molecule has 1 aliphatic rings. The van der Waals surface area contributed by atoms with Crippen LogP contribution in [0.2, 0.25) is 5.02 Å². The summed E-state index contributed by atoms with van der Waals surface area (Å²) in [6.07, 6.45) is 1.63. The van der Waals surface area contributed by atoms with Gasteiger partial charge in [0.05, 0.1) is 23.5 Å². The van der Waals surface area contributed by atoms with Crippen molar-refractivity contribution in [3.05, 3.63) is 87.9 Å². The summed E-state index contributed by atoms with van der Waals surface area (Å²) in [5.74, 6) is -0.699. The highest BCUT2D eigenvalue weighted by Crippen LogP contribution is 2.47. The van der Waals surface area contributed by atoms with Gasteiger partial charge in [0, 0.05) is 5.02 Å². The van der Waals surface area contributed by atoms with Crippen LogP contribution in [-0.2, 0) is 21.9 Å². The fourth-order valence-electron chi connectivity index (χ4n) is 4.90. The van der Waals surface area contributed by atoms with E-state index in [9.17, 15) is 13.2 Å². The largest absolute Gasteiger partial charge is 0.377 e. The summed E-state index contributed by atoms with van der Waals surface area (Å²) in [4.78, 5) is 12.8. The minimum atomic E-state index is -3.72. The molecule has 190 valence electrons. The van der Waals surface area contributed by atoms with Gasteiger partial charge in [-0.1, -0.05) is 88.7 Å². The van der Waals surface area contributed by atoms with Gasteiger partial charge in [-0.05, 0) is 63.3 Å². The zero-order valence-corrected chi connectivity index (χ0v) is 23.1. The maximum absolute atomic E-state index is 12.8. The minimum absolute atomic E-state index is 0.0911. The van der Waals surface area contributed by atoms with Gasteiger partial charge in [0.1, 0.15) is 0 Å². The van der Waals surface area contributed by atoms with E-state index < -0.39 is 15.9 Å². The van der Waals surface area contributed by atoms with E-state index in [0.717, 1.165) is 28.5 Å². The lowest BCUT2D eigenvalue weighted by Crippen LogP contribution is -2.37. The van der Waals surface area contributed by atoms with Crippen LogP contribution in [0.1, 0.15) is 67.7 Å². The summed E-state index contributed by atoms with van der Waals surface area (Å²) in [6, 6.07) is 20.3. The lowest BCUT2D eigenvalue weighted by Gasteiger charge is -2.42. The number of amides is 1. The first-order valence-corrected chi connectivity index (χ1v) is 14.2. The fraction of sp³-hybridized carbons (Fsp3) is 0.345. The Morgan fingerprint density at radius 2 is 1.69 bits per heavy atom. The predicted octanol–water partition coefficient (Wildman–Crippen LogP) is 6.73. The average molecular weight is 525 g/mol. The molecule has 0 saturated carbocycles. The molecule has 36 heavy (non-hydrogen) atoms. The summed E-state index contributed by atoms with van der Waals surface area (Å²) < 4.78 is 25.5. The van der Waals surface area contributed by atoms with Crippen molar-refractivity contribution in [1.29, 1.82) is 0 Å². The van der Waals surface area contributed by atoms with Gasteiger partial charge in [-0.2, -0.15) is 0 Å². The maximum atomic E-state index is 12.8. The fourth-order valence-corrected chi connectivity index (χ4v) is 5.59. The molecule has 0 spiro atoms. The Labute approximate surface area is 219 Å². The van der Waals surface area contributed by atoms with Crippen LogP contribution in [0.5, 0.6) is 0 Å². The van der Waals surface area contributed by atoms with Crippen molar-refractivity contribution in [2.75, 3.05) is 11.6 Å². The van der Waals surface area contributed by atoms with Crippen molar-refractivity contribution < 1.29 is 13.2 Å². The van der Waals surface area contributed by atoms with Gasteiger partial charge in [0.2, 0.25) is 10.0 Å². The molecule has 0 saturated heterocycles. The topological polar surface area (TPSA) is 75.3 Å². The second-order valence-electron chi connectivity index (χ2n) is 11.4. The molecule has 0 fully saturated rings. The number of benzene rings is 3. The SMILES string of the molecule is CC(C)(C)c1ccc(-c2cccc(C3Nc4c(cc(Cl)cc4C(=O)NS(C)(=O)=O)CC3(C)C)c2)cc1. The second-order valence-corrected chi connectivity index (χ2v) is 13.6. The van der Waals surface area contributed by atoms with Gasteiger partial charge in [-0.25, -0.2) is 13.1 Å². The molecule has 7 heteroatoms. The van der Waals surface area contributed by atoms with Crippen molar-refractivity contribution in [2.24, 2.45) is 5.41 Å². The number of fused-ring (bicyclic) bond motifs is 1. The Balaban J connectivity index is 1.73. The Bertz CT molecular complexity index is 1420. The van der Waals surface area contributed by atoms with Crippen LogP contribution in [-0.4, -0.2) is 20.6 Å². The Morgan fingerprint density at radius 3 is 2.31 bits per heavy atom. The Kier molecular flexibility index (Phi) is 6.73. The maximum Gasteiger partial charge on any atom is 0.266 e. The molecule has 1 aliphatic heterocycles. The molecule has 1 atom stereocenters. The standard InChI is InChI=1S/C29H33ClN2O3S/c1-28(2,3)22-12-10-18(11-13-22)19-8-7-9-20(14-19)26-29(4,5)17-21-15-23(30)16-24(25(21)31-26)27(33)32-36(6,34)35/h7-16,26,31H,17H2,1-6H3,(H,32,33). The summed E-state index contributed by atoms with van der Waals surface area (Å²) in [5, 5.41) is 3.95. The molecule has 0 aliphatic carbocycles. The first-order valence-electron chi connectivity index (χ1n) is 12.0. The van der Waals surface area contributed by atoms with Gasteiger partial charge < -0.3 is 5.32 Å². The predicted molar refractivity (Wildman–Crippen MR) is 148 cm³/mol. The molecular formula is C29H33ClN2O3S. The van der Waals surface area contributed by atoms with Crippen LogP contribution in [0.4, 0.5) is 5.69 Å². The highest BCUT2D eigenvalue weighted by Gasteiger charge is 2.38. The molecule has 0 aromatic heterocycles. The molecular weight excluding hydrogens is 492 g/mol. The van der Waals surface area contributed by atoms with Crippen LogP contribution in [0.25, 0.3) is 11.1 Å². The number of hydrogen-bond acceptors (Lipinski definition) is 4. The van der Waals surface area contributed by atoms with Gasteiger partial charge in [-0.3, -0.25) is 4.79 Å². The minimum Gasteiger partial charge on any atom is -0.377 e. The second kappa shape index (κ2) is 9.24. The van der Waals surface area contributed by atoms with Crippen LogP contribution in [0.3, 0.4) is 0 Å². The van der Waals surface area contributed by atoms with Crippen LogP contribution >= 0.6 is 11.6 Å². The molecule has 4 rings (SSSR count). The van der Waals surface area contributed by atoms with E-state index >= 15 is 0 Å². The lowest BCUT2D eigenvalue weighted by molar-refractivity contribution is 0.0981. The molecule has 5 nitrogen and oxygen atoms in total. The zero-order chi connectivity index (χ0) is 26.5. The van der Waals surface area contributed by atoms with Crippen molar-refractivity contribution in [3.8, 4) is 11.1 Å². The normalized spacial score (nSPS) is 17.1. The van der Waals surface area contributed by atoms with Crippen LogP contribution in [0.15, 0.2) is 60.7 Å². The average Bonchev–Trinajstić information content (AvgIpc) is 2.76. The molecule has 0 bridgehead atoms. The Hall–Kier alpha value is -2.83. The third-order valence-electron chi connectivity index (χ3n) is 6.73.